The smallest absolute Gasteiger partial charge is 0.355 e. The van der Waals surface area contributed by atoms with Crippen LogP contribution in [-0.2, 0) is 6.54 Å². The molecule has 1 aromatic rings. The van der Waals surface area contributed by atoms with E-state index in [9.17, 15) is 9.59 Å². The van der Waals surface area contributed by atoms with Crippen LogP contribution in [0.2, 0.25) is 0 Å². The number of carboxylic acid groups (broad SMARTS) is 1. The zero-order valence-electron chi connectivity index (χ0n) is 11.0. The highest BCUT2D eigenvalue weighted by molar-refractivity contribution is 7.09. The van der Waals surface area contributed by atoms with E-state index in [1.54, 1.807) is 0 Å². The maximum absolute atomic E-state index is 11.5. The molecule has 0 unspecified atom stereocenters. The van der Waals surface area contributed by atoms with E-state index in [0.29, 0.717) is 11.6 Å². The van der Waals surface area contributed by atoms with Gasteiger partial charge in [0.05, 0.1) is 6.54 Å². The molecule has 2 amide bonds. The Kier molecular flexibility index (Phi) is 5.11. The van der Waals surface area contributed by atoms with Crippen molar-refractivity contribution in [1.29, 1.82) is 0 Å². The first-order valence-electron chi connectivity index (χ1n) is 6.52. The molecule has 3 N–H and O–H groups in total. The van der Waals surface area contributed by atoms with Gasteiger partial charge in [-0.15, -0.1) is 11.3 Å². The second-order valence-corrected chi connectivity index (χ2v) is 5.49. The van der Waals surface area contributed by atoms with Crippen molar-refractivity contribution in [1.82, 2.24) is 15.6 Å². The molecule has 20 heavy (non-hydrogen) atoms. The molecular formula is C13H17N3O3S. The fourth-order valence-corrected chi connectivity index (χ4v) is 2.72. The molecule has 0 bridgehead atoms. The topological polar surface area (TPSA) is 91.3 Å². The Morgan fingerprint density at radius 1 is 1.40 bits per heavy atom. The number of amides is 2. The summed E-state index contributed by atoms with van der Waals surface area (Å²) < 4.78 is 0. The van der Waals surface area contributed by atoms with Crippen LogP contribution in [-0.4, -0.2) is 28.6 Å². The number of rotatable bonds is 6. The molecule has 6 nitrogen and oxygen atoms in total. The number of hydrogen-bond donors (Lipinski definition) is 3. The predicted molar refractivity (Wildman–Crippen MR) is 75.9 cm³/mol. The van der Waals surface area contributed by atoms with Gasteiger partial charge in [-0.3, -0.25) is 0 Å². The molecule has 0 atom stereocenters. The number of carbonyl (C=O) groups is 2. The lowest BCUT2D eigenvalue weighted by Gasteiger charge is -2.06. The van der Waals surface area contributed by atoms with Crippen LogP contribution in [0, 0.1) is 0 Å². The van der Waals surface area contributed by atoms with Gasteiger partial charge in [0.2, 0.25) is 0 Å². The molecule has 0 saturated carbocycles. The third-order valence-electron chi connectivity index (χ3n) is 3.04. The van der Waals surface area contributed by atoms with E-state index >= 15 is 0 Å². The van der Waals surface area contributed by atoms with Crippen molar-refractivity contribution in [2.75, 3.05) is 6.54 Å². The molecule has 0 fully saturated rings. The summed E-state index contributed by atoms with van der Waals surface area (Å²) in [5.41, 5.74) is 1.43. The number of hydrogen-bond acceptors (Lipinski definition) is 4. The highest BCUT2D eigenvalue weighted by atomic mass is 32.1. The van der Waals surface area contributed by atoms with Gasteiger partial charge in [-0.2, -0.15) is 0 Å². The van der Waals surface area contributed by atoms with E-state index in [0.717, 1.165) is 19.3 Å². The molecule has 1 aliphatic rings. The minimum Gasteiger partial charge on any atom is -0.476 e. The van der Waals surface area contributed by atoms with Gasteiger partial charge >= 0.3 is 12.0 Å². The van der Waals surface area contributed by atoms with Gasteiger partial charge in [-0.05, 0) is 25.7 Å². The van der Waals surface area contributed by atoms with Crippen LogP contribution in [0.5, 0.6) is 0 Å². The number of nitrogens with zero attached hydrogens (tertiary/aromatic N) is 1. The summed E-state index contributed by atoms with van der Waals surface area (Å²) in [6, 6.07) is -0.254. The first-order valence-corrected chi connectivity index (χ1v) is 7.40. The summed E-state index contributed by atoms with van der Waals surface area (Å²) in [6.45, 7) is 0.863. The van der Waals surface area contributed by atoms with Crippen LogP contribution in [0.3, 0.4) is 0 Å². The van der Waals surface area contributed by atoms with Gasteiger partial charge in [0.1, 0.15) is 5.01 Å². The third-order valence-corrected chi connectivity index (χ3v) is 3.89. The van der Waals surface area contributed by atoms with Gasteiger partial charge < -0.3 is 15.7 Å². The first-order chi connectivity index (χ1) is 9.65. The molecule has 108 valence electrons. The van der Waals surface area contributed by atoms with Crippen molar-refractivity contribution in [2.24, 2.45) is 0 Å². The summed E-state index contributed by atoms with van der Waals surface area (Å²) in [6.07, 6.45) is 6.64. The molecule has 0 aliphatic heterocycles. The zero-order chi connectivity index (χ0) is 14.4. The average molecular weight is 295 g/mol. The highest BCUT2D eigenvalue weighted by Gasteiger charge is 2.09. The number of allylic oxidation sites excluding steroid dienone is 1. The number of carboxylic acids is 1. The van der Waals surface area contributed by atoms with Crippen molar-refractivity contribution in [3.8, 4) is 0 Å². The second-order valence-electron chi connectivity index (χ2n) is 4.55. The van der Waals surface area contributed by atoms with E-state index < -0.39 is 5.97 Å². The predicted octanol–water partition coefficient (Wildman–Crippen LogP) is 2.14. The minimum atomic E-state index is -1.05. The normalized spacial score (nSPS) is 13.9. The van der Waals surface area contributed by atoms with Crippen molar-refractivity contribution in [3.05, 3.63) is 27.7 Å². The molecule has 2 rings (SSSR count). The summed E-state index contributed by atoms with van der Waals surface area (Å²) in [5, 5.41) is 16.2. The molecule has 1 aromatic heterocycles. The Morgan fingerprint density at radius 3 is 2.90 bits per heavy atom. The highest BCUT2D eigenvalue weighted by Crippen LogP contribution is 2.19. The Hall–Kier alpha value is -1.89. The Bertz CT molecular complexity index is 525. The van der Waals surface area contributed by atoms with Crippen LogP contribution >= 0.6 is 11.3 Å². The minimum absolute atomic E-state index is 0.0142. The van der Waals surface area contributed by atoms with Crippen LogP contribution in [0.4, 0.5) is 4.79 Å². The quantitative estimate of drug-likeness (QED) is 0.701. The number of carbonyl (C=O) groups excluding carboxylic acids is 1. The summed E-state index contributed by atoms with van der Waals surface area (Å²) in [5.74, 6) is -1.05. The molecule has 0 aromatic carbocycles. The Morgan fingerprint density at radius 2 is 2.25 bits per heavy atom. The maximum atomic E-state index is 11.5. The summed E-state index contributed by atoms with van der Waals surface area (Å²) in [7, 11) is 0. The number of aromatic carboxylic acids is 1. The third kappa shape index (κ3) is 4.34. The summed E-state index contributed by atoms with van der Waals surface area (Å²) >= 11 is 1.22. The van der Waals surface area contributed by atoms with Gasteiger partial charge in [0, 0.05) is 11.9 Å². The first kappa shape index (κ1) is 14.5. The molecule has 1 aliphatic carbocycles. The van der Waals surface area contributed by atoms with Gasteiger partial charge in [-0.25, -0.2) is 14.6 Å². The lowest BCUT2D eigenvalue weighted by molar-refractivity contribution is 0.0691. The van der Waals surface area contributed by atoms with E-state index in [1.807, 2.05) is 0 Å². The maximum Gasteiger partial charge on any atom is 0.355 e. The van der Waals surface area contributed by atoms with Gasteiger partial charge in [0.25, 0.3) is 0 Å². The van der Waals surface area contributed by atoms with Gasteiger partial charge in [-0.1, -0.05) is 11.6 Å². The van der Waals surface area contributed by atoms with Gasteiger partial charge in [0.15, 0.2) is 5.69 Å². The monoisotopic (exact) mass is 295 g/mol. The molecule has 0 spiro atoms. The van der Waals surface area contributed by atoms with Crippen molar-refractivity contribution < 1.29 is 14.7 Å². The standard InChI is InChI=1S/C13H17N3O3S/c17-12(18)10-8-20-11(16-10)7-15-13(19)14-6-5-9-3-1-2-4-9/h3,8H,1-2,4-7H2,(H,17,18)(H2,14,15,19). The summed E-state index contributed by atoms with van der Waals surface area (Å²) in [4.78, 5) is 26.1. The van der Waals surface area contributed by atoms with E-state index in [-0.39, 0.29) is 18.3 Å². The SMILES string of the molecule is O=C(NCCC1=CCCC1)NCc1nc(C(=O)O)cs1. The largest absolute Gasteiger partial charge is 0.476 e. The number of aromatic nitrogens is 1. The van der Waals surface area contributed by atoms with Crippen molar-refractivity contribution in [2.45, 2.75) is 32.2 Å². The van der Waals surface area contributed by atoms with E-state index in [1.165, 1.54) is 28.7 Å². The number of urea groups is 1. The molecule has 7 heteroatoms. The van der Waals surface area contributed by atoms with Crippen molar-refractivity contribution in [3.63, 3.8) is 0 Å². The van der Waals surface area contributed by atoms with E-state index in [4.69, 9.17) is 5.11 Å². The lowest BCUT2D eigenvalue weighted by Crippen LogP contribution is -2.35. The molecule has 0 saturated heterocycles. The fourth-order valence-electron chi connectivity index (χ4n) is 2.01. The molecule has 1 heterocycles. The van der Waals surface area contributed by atoms with Crippen LogP contribution in [0.25, 0.3) is 0 Å². The average Bonchev–Trinajstić information content (AvgIpc) is 3.07. The Balaban J connectivity index is 1.65. The fraction of sp³-hybridized carbons (Fsp3) is 0.462. The second kappa shape index (κ2) is 7.04. The van der Waals surface area contributed by atoms with Crippen LogP contribution < -0.4 is 10.6 Å². The van der Waals surface area contributed by atoms with Crippen LogP contribution in [0.15, 0.2) is 17.0 Å². The van der Waals surface area contributed by atoms with Crippen molar-refractivity contribution >= 4 is 23.3 Å². The Labute approximate surface area is 120 Å². The zero-order valence-corrected chi connectivity index (χ0v) is 11.8. The van der Waals surface area contributed by atoms with Crippen LogP contribution in [0.1, 0.15) is 41.2 Å². The lowest BCUT2D eigenvalue weighted by atomic mass is 10.2. The molecular weight excluding hydrogens is 278 g/mol. The number of nitrogens with one attached hydrogen (secondary N) is 2. The molecule has 0 radical (unpaired) electrons. The number of thiazole rings is 1. The van der Waals surface area contributed by atoms with E-state index in [2.05, 4.69) is 21.7 Å².